The van der Waals surface area contributed by atoms with Gasteiger partial charge in [-0.2, -0.15) is 18.3 Å². The van der Waals surface area contributed by atoms with Crippen molar-refractivity contribution >= 4 is 39.7 Å². The zero-order chi connectivity index (χ0) is 24.0. The number of methoxy groups -OCH3 is 1. The maximum Gasteiger partial charge on any atom is 0.416 e. The predicted molar refractivity (Wildman–Crippen MR) is 123 cm³/mol. The number of amides is 1. The Labute approximate surface area is 201 Å². The van der Waals surface area contributed by atoms with E-state index < -0.39 is 17.6 Å². The van der Waals surface area contributed by atoms with E-state index in [2.05, 4.69) is 26.5 Å². The van der Waals surface area contributed by atoms with E-state index in [9.17, 15) is 18.0 Å². The van der Waals surface area contributed by atoms with E-state index in [1.807, 2.05) is 12.1 Å². The third-order valence-corrected chi connectivity index (χ3v) is 5.35. The van der Waals surface area contributed by atoms with Gasteiger partial charge in [0.1, 0.15) is 6.61 Å². The van der Waals surface area contributed by atoms with E-state index >= 15 is 0 Å². The number of hydrogen-bond acceptors (Lipinski definition) is 4. The second kappa shape index (κ2) is 10.7. The summed E-state index contributed by atoms with van der Waals surface area (Å²) < 4.78 is 50.3. The first kappa shape index (κ1) is 24.6. The average Bonchev–Trinajstić information content (AvgIpc) is 2.79. The van der Waals surface area contributed by atoms with E-state index in [0.29, 0.717) is 33.2 Å². The molecule has 0 radical (unpaired) electrons. The Hall–Kier alpha value is -3.04. The third kappa shape index (κ3) is 6.72. The average molecular weight is 542 g/mol. The molecule has 0 heterocycles. The van der Waals surface area contributed by atoms with E-state index in [4.69, 9.17) is 21.1 Å². The van der Waals surface area contributed by atoms with Gasteiger partial charge in [0.25, 0.3) is 5.91 Å². The maximum atomic E-state index is 12.8. The van der Waals surface area contributed by atoms with Crippen molar-refractivity contribution in [3.8, 4) is 11.5 Å². The van der Waals surface area contributed by atoms with Gasteiger partial charge in [0.2, 0.25) is 0 Å². The highest BCUT2D eigenvalue weighted by Crippen LogP contribution is 2.33. The summed E-state index contributed by atoms with van der Waals surface area (Å²) in [5.41, 5.74) is 2.61. The van der Waals surface area contributed by atoms with E-state index in [-0.39, 0.29) is 5.56 Å². The topological polar surface area (TPSA) is 59.9 Å². The van der Waals surface area contributed by atoms with Crippen molar-refractivity contribution in [1.29, 1.82) is 0 Å². The maximum absolute atomic E-state index is 12.8. The van der Waals surface area contributed by atoms with Crippen LogP contribution in [0.5, 0.6) is 11.5 Å². The number of alkyl halides is 3. The number of carbonyl (C=O) groups is 1. The Balaban J connectivity index is 1.69. The number of nitrogens with one attached hydrogen (secondary N) is 1. The second-order valence-electron chi connectivity index (χ2n) is 6.72. The molecule has 0 aliphatic carbocycles. The van der Waals surface area contributed by atoms with Gasteiger partial charge in [-0.3, -0.25) is 4.79 Å². The number of nitrogens with zero attached hydrogens (tertiary/aromatic N) is 1. The molecule has 0 bridgehead atoms. The van der Waals surface area contributed by atoms with Crippen molar-refractivity contribution in [2.45, 2.75) is 12.8 Å². The molecule has 0 aromatic heterocycles. The molecule has 0 unspecified atom stereocenters. The molecule has 33 heavy (non-hydrogen) atoms. The number of benzene rings is 3. The summed E-state index contributed by atoms with van der Waals surface area (Å²) in [5.74, 6) is 0.130. The molecule has 172 valence electrons. The first-order valence-electron chi connectivity index (χ1n) is 9.43. The summed E-state index contributed by atoms with van der Waals surface area (Å²) in [4.78, 5) is 12.2. The molecular formula is C23H17BrClF3N2O3. The van der Waals surface area contributed by atoms with Crippen LogP contribution in [-0.4, -0.2) is 19.2 Å². The smallest absolute Gasteiger partial charge is 0.416 e. The van der Waals surface area contributed by atoms with Crippen LogP contribution in [0, 0.1) is 0 Å². The minimum absolute atomic E-state index is 0.162. The predicted octanol–water partition coefficient (Wildman–Crippen LogP) is 6.47. The number of hydrogen-bond donors (Lipinski definition) is 1. The van der Waals surface area contributed by atoms with Crippen LogP contribution < -0.4 is 14.9 Å². The highest BCUT2D eigenvalue weighted by molar-refractivity contribution is 9.10. The number of carbonyl (C=O) groups excluding carboxylic acids is 1. The number of rotatable bonds is 7. The fraction of sp³-hybridized carbons (Fsp3) is 0.130. The molecule has 0 spiro atoms. The van der Waals surface area contributed by atoms with Gasteiger partial charge >= 0.3 is 6.18 Å². The van der Waals surface area contributed by atoms with Crippen molar-refractivity contribution < 1.29 is 27.4 Å². The van der Waals surface area contributed by atoms with Gasteiger partial charge in [0.05, 0.1) is 18.9 Å². The first-order valence-corrected chi connectivity index (χ1v) is 10.6. The molecule has 3 aromatic carbocycles. The minimum atomic E-state index is -4.54. The lowest BCUT2D eigenvalue weighted by Crippen LogP contribution is -2.18. The molecule has 0 aliphatic rings. The fourth-order valence-corrected chi connectivity index (χ4v) is 3.28. The molecular weight excluding hydrogens is 525 g/mol. The van der Waals surface area contributed by atoms with Crippen LogP contribution in [0.4, 0.5) is 13.2 Å². The van der Waals surface area contributed by atoms with Crippen molar-refractivity contribution in [2.24, 2.45) is 5.10 Å². The monoisotopic (exact) mass is 540 g/mol. The second-order valence-corrected chi connectivity index (χ2v) is 8.01. The van der Waals surface area contributed by atoms with Crippen LogP contribution in [0.1, 0.15) is 27.0 Å². The van der Waals surface area contributed by atoms with Gasteiger partial charge in [0.15, 0.2) is 11.5 Å². The van der Waals surface area contributed by atoms with Gasteiger partial charge < -0.3 is 9.47 Å². The lowest BCUT2D eigenvalue weighted by molar-refractivity contribution is -0.137. The Morgan fingerprint density at radius 1 is 1.12 bits per heavy atom. The standard InChI is InChI=1S/C23H17BrClF3N2O3/c1-32-20-10-16(19(24)11-21(20)33-13-14-5-7-18(25)8-6-14)12-29-30-22(31)15-3-2-4-17(9-15)23(26,27)28/h2-12H,13H2,1H3,(H,30,31)/b29-12-. The quantitative estimate of drug-likeness (QED) is 0.275. The van der Waals surface area contributed by atoms with Crippen LogP contribution in [0.2, 0.25) is 5.02 Å². The Morgan fingerprint density at radius 2 is 1.85 bits per heavy atom. The molecule has 0 fully saturated rings. The van der Waals surface area contributed by atoms with Crippen LogP contribution >= 0.6 is 27.5 Å². The molecule has 0 saturated heterocycles. The summed E-state index contributed by atoms with van der Waals surface area (Å²) in [6.07, 6.45) is -3.21. The van der Waals surface area contributed by atoms with Crippen molar-refractivity contribution in [1.82, 2.24) is 5.43 Å². The first-order chi connectivity index (χ1) is 15.7. The lowest BCUT2D eigenvalue weighted by atomic mass is 10.1. The summed E-state index contributed by atoms with van der Waals surface area (Å²) in [6.45, 7) is 0.292. The van der Waals surface area contributed by atoms with Crippen molar-refractivity contribution in [2.75, 3.05) is 7.11 Å². The molecule has 3 aromatic rings. The number of halogens is 5. The molecule has 5 nitrogen and oxygen atoms in total. The Bertz CT molecular complexity index is 1170. The van der Waals surface area contributed by atoms with E-state index in [0.717, 1.165) is 23.8 Å². The van der Waals surface area contributed by atoms with Crippen molar-refractivity contribution in [3.05, 3.63) is 92.4 Å². The van der Waals surface area contributed by atoms with Gasteiger partial charge in [-0.25, -0.2) is 5.43 Å². The summed E-state index contributed by atoms with van der Waals surface area (Å²) in [7, 11) is 1.48. The zero-order valence-corrected chi connectivity index (χ0v) is 19.5. The van der Waals surface area contributed by atoms with E-state index in [1.54, 1.807) is 24.3 Å². The molecule has 10 heteroatoms. The molecule has 1 amide bonds. The van der Waals surface area contributed by atoms with Crippen LogP contribution in [0.15, 0.2) is 70.2 Å². The minimum Gasteiger partial charge on any atom is -0.493 e. The SMILES string of the molecule is COc1cc(/C=N\NC(=O)c2cccc(C(F)(F)F)c2)c(Br)cc1OCc1ccc(Cl)cc1. The molecule has 1 N–H and O–H groups in total. The molecule has 0 aliphatic heterocycles. The number of ether oxygens (including phenoxy) is 2. The van der Waals surface area contributed by atoms with Crippen LogP contribution in [0.25, 0.3) is 0 Å². The van der Waals surface area contributed by atoms with Crippen LogP contribution in [0.3, 0.4) is 0 Å². The van der Waals surface area contributed by atoms with Crippen molar-refractivity contribution in [3.63, 3.8) is 0 Å². The molecule has 0 saturated carbocycles. The third-order valence-electron chi connectivity index (χ3n) is 4.41. The van der Waals surface area contributed by atoms with E-state index in [1.165, 1.54) is 19.4 Å². The highest BCUT2D eigenvalue weighted by Gasteiger charge is 2.30. The zero-order valence-electron chi connectivity index (χ0n) is 17.1. The summed E-state index contributed by atoms with van der Waals surface area (Å²) in [6, 6.07) is 14.6. The number of hydrazone groups is 1. The van der Waals surface area contributed by atoms with Gasteiger partial charge in [-0.05, 0) is 64.0 Å². The van der Waals surface area contributed by atoms with Crippen LogP contribution in [-0.2, 0) is 12.8 Å². The van der Waals surface area contributed by atoms with Gasteiger partial charge in [-0.1, -0.05) is 29.8 Å². The Kier molecular flexibility index (Phi) is 7.99. The lowest BCUT2D eigenvalue weighted by Gasteiger charge is -2.13. The largest absolute Gasteiger partial charge is 0.493 e. The highest BCUT2D eigenvalue weighted by atomic mass is 79.9. The van der Waals surface area contributed by atoms with Gasteiger partial charge in [0, 0.05) is 20.6 Å². The Morgan fingerprint density at radius 3 is 2.52 bits per heavy atom. The molecule has 0 atom stereocenters. The normalized spacial score (nSPS) is 11.5. The summed E-state index contributed by atoms with van der Waals surface area (Å²) >= 11 is 9.29. The summed E-state index contributed by atoms with van der Waals surface area (Å²) in [5, 5.41) is 4.46. The fourth-order valence-electron chi connectivity index (χ4n) is 2.73. The van der Waals surface area contributed by atoms with Gasteiger partial charge in [-0.15, -0.1) is 0 Å². The molecule has 3 rings (SSSR count).